The smallest absolute Gasteiger partial charge is 0.253 e. The maximum absolute atomic E-state index is 12.4. The first-order valence-electron chi connectivity index (χ1n) is 12.9. The van der Waals surface area contributed by atoms with Crippen molar-refractivity contribution in [2.75, 3.05) is 19.6 Å². The molecule has 5 heteroatoms. The molecule has 0 aliphatic heterocycles. The number of fused-ring (bicyclic) bond motifs is 1. The number of carbonyl (C=O) groups excluding carboxylic acids is 1. The maximum atomic E-state index is 12.4. The molecule has 0 bridgehead atoms. The Labute approximate surface area is 219 Å². The van der Waals surface area contributed by atoms with Crippen LogP contribution in [0.1, 0.15) is 52.9 Å². The van der Waals surface area contributed by atoms with E-state index in [0.717, 1.165) is 36.2 Å². The van der Waals surface area contributed by atoms with Crippen LogP contribution in [0.2, 0.25) is 0 Å². The molecule has 0 saturated carbocycles. The third-order valence-electron chi connectivity index (χ3n) is 6.04. The third kappa shape index (κ3) is 8.16. The van der Waals surface area contributed by atoms with Crippen molar-refractivity contribution >= 4 is 16.9 Å². The van der Waals surface area contributed by atoms with Gasteiger partial charge in [0.25, 0.3) is 5.91 Å². The van der Waals surface area contributed by atoms with Crippen LogP contribution in [0.25, 0.3) is 11.0 Å². The molecule has 37 heavy (non-hydrogen) atoms. The molecule has 1 amide bonds. The van der Waals surface area contributed by atoms with Crippen molar-refractivity contribution in [2.45, 2.75) is 40.5 Å². The van der Waals surface area contributed by atoms with Gasteiger partial charge in [-0.2, -0.15) is 0 Å². The van der Waals surface area contributed by atoms with Gasteiger partial charge in [0.15, 0.2) is 5.43 Å². The van der Waals surface area contributed by atoms with Gasteiger partial charge in [-0.05, 0) is 68.1 Å². The zero-order valence-electron chi connectivity index (χ0n) is 22.4. The Kier molecular flexibility index (Phi) is 10.2. The number of amides is 1. The van der Waals surface area contributed by atoms with E-state index in [4.69, 9.17) is 10.2 Å². The highest BCUT2D eigenvalue weighted by molar-refractivity contribution is 5.94. The van der Waals surface area contributed by atoms with Crippen LogP contribution in [0.5, 0.6) is 0 Å². The maximum Gasteiger partial charge on any atom is 0.253 e. The summed E-state index contributed by atoms with van der Waals surface area (Å²) in [5.41, 5.74) is 11.1. The Hall–Kier alpha value is -3.70. The lowest BCUT2D eigenvalue weighted by Crippen LogP contribution is -2.35. The number of nitrogens with zero attached hydrogens (tertiary/aromatic N) is 1. The Bertz CT molecular complexity index is 1340. The van der Waals surface area contributed by atoms with Gasteiger partial charge in [0.05, 0.1) is 11.6 Å². The van der Waals surface area contributed by atoms with Gasteiger partial charge < -0.3 is 15.1 Å². The van der Waals surface area contributed by atoms with E-state index in [1.165, 1.54) is 5.56 Å². The van der Waals surface area contributed by atoms with Gasteiger partial charge in [0.2, 0.25) is 0 Å². The van der Waals surface area contributed by atoms with E-state index in [-0.39, 0.29) is 11.3 Å². The van der Waals surface area contributed by atoms with Crippen LogP contribution in [0.3, 0.4) is 0 Å². The number of nitrogens with two attached hydrogens (primary N) is 1. The second-order valence-corrected chi connectivity index (χ2v) is 9.91. The van der Waals surface area contributed by atoms with E-state index in [0.29, 0.717) is 35.4 Å². The van der Waals surface area contributed by atoms with Crippen LogP contribution in [0.15, 0.2) is 88.3 Å². The second-order valence-electron chi connectivity index (χ2n) is 9.91. The highest BCUT2D eigenvalue weighted by atomic mass is 16.3. The van der Waals surface area contributed by atoms with Gasteiger partial charge >= 0.3 is 0 Å². The van der Waals surface area contributed by atoms with Gasteiger partial charge in [-0.15, -0.1) is 0 Å². The number of benzene rings is 3. The van der Waals surface area contributed by atoms with Crippen LogP contribution in [0, 0.1) is 19.8 Å². The molecule has 5 nitrogen and oxygen atoms in total. The summed E-state index contributed by atoms with van der Waals surface area (Å²) in [7, 11) is 0. The Balaban J connectivity index is 0.000000206. The largest absolute Gasteiger partial charge is 0.464 e. The molecule has 0 fully saturated rings. The average molecular weight is 499 g/mol. The molecule has 4 aromatic rings. The van der Waals surface area contributed by atoms with E-state index in [1.807, 2.05) is 91.5 Å². The molecule has 4 rings (SSSR count). The summed E-state index contributed by atoms with van der Waals surface area (Å²) in [6.45, 7) is 10.4. The third-order valence-corrected chi connectivity index (χ3v) is 6.04. The Morgan fingerprint density at radius 2 is 1.62 bits per heavy atom. The van der Waals surface area contributed by atoms with Gasteiger partial charge in [-0.1, -0.05) is 67.9 Å². The molecule has 0 aliphatic rings. The molecule has 1 aromatic heterocycles. The fourth-order valence-electron chi connectivity index (χ4n) is 4.09. The Morgan fingerprint density at radius 3 is 2.27 bits per heavy atom. The fraction of sp³-hybridized carbons (Fsp3) is 0.312. The van der Waals surface area contributed by atoms with Crippen molar-refractivity contribution in [3.05, 3.63) is 117 Å². The summed E-state index contributed by atoms with van der Waals surface area (Å²) >= 11 is 0. The van der Waals surface area contributed by atoms with E-state index in [1.54, 1.807) is 6.26 Å². The standard InChI is InChI=1S/C17H14O2.C15H24N2O/c1-12-7-8-15-16(9-12)19-11-14(17(15)18)10-13-5-3-2-4-6-13;1-12(2)11-17(10-4-9-16)15(18)14-7-5-13(3)6-8-14/h2-9,11H,10H2,1H3;5-8,12H,4,9-11,16H2,1-3H3. The quantitative estimate of drug-likeness (QED) is 0.317. The minimum absolute atomic E-state index is 0.0603. The lowest BCUT2D eigenvalue weighted by atomic mass is 10.0. The number of aryl methyl sites for hydroxylation is 2. The molecule has 0 aliphatic carbocycles. The van der Waals surface area contributed by atoms with Gasteiger partial charge in [0, 0.05) is 30.6 Å². The van der Waals surface area contributed by atoms with Crippen LogP contribution >= 0.6 is 0 Å². The first-order chi connectivity index (χ1) is 17.8. The van der Waals surface area contributed by atoms with Crippen molar-refractivity contribution in [1.29, 1.82) is 0 Å². The number of carbonyl (C=O) groups is 1. The molecule has 0 spiro atoms. The minimum Gasteiger partial charge on any atom is -0.464 e. The number of rotatable bonds is 8. The zero-order chi connectivity index (χ0) is 26.8. The van der Waals surface area contributed by atoms with Crippen LogP contribution in [-0.2, 0) is 6.42 Å². The van der Waals surface area contributed by atoms with Crippen molar-refractivity contribution in [3.8, 4) is 0 Å². The number of hydrogen-bond acceptors (Lipinski definition) is 4. The van der Waals surface area contributed by atoms with E-state index in [2.05, 4.69) is 13.8 Å². The van der Waals surface area contributed by atoms with E-state index >= 15 is 0 Å². The molecular weight excluding hydrogens is 460 g/mol. The molecular formula is C32H38N2O3. The molecule has 3 aromatic carbocycles. The predicted molar refractivity (Wildman–Crippen MR) is 152 cm³/mol. The highest BCUT2D eigenvalue weighted by Gasteiger charge is 2.16. The molecule has 194 valence electrons. The molecule has 0 radical (unpaired) electrons. The topological polar surface area (TPSA) is 76.5 Å². The summed E-state index contributed by atoms with van der Waals surface area (Å²) in [6, 6.07) is 23.4. The van der Waals surface area contributed by atoms with Gasteiger partial charge in [0.1, 0.15) is 5.58 Å². The van der Waals surface area contributed by atoms with E-state index < -0.39 is 0 Å². The normalized spacial score (nSPS) is 10.8. The van der Waals surface area contributed by atoms with Crippen LogP contribution in [-0.4, -0.2) is 30.4 Å². The van der Waals surface area contributed by atoms with Gasteiger partial charge in [-0.3, -0.25) is 9.59 Å². The lowest BCUT2D eigenvalue weighted by Gasteiger charge is -2.24. The SMILES string of the molecule is Cc1ccc(C(=O)N(CCCN)CC(C)C)cc1.Cc1ccc2c(=O)c(Cc3ccccc3)coc2c1. The van der Waals surface area contributed by atoms with Crippen LogP contribution in [0.4, 0.5) is 0 Å². The molecule has 0 atom stereocenters. The Morgan fingerprint density at radius 1 is 0.946 bits per heavy atom. The molecule has 2 N–H and O–H groups in total. The summed E-state index contributed by atoms with van der Waals surface area (Å²) in [5, 5.41) is 0.652. The fourth-order valence-corrected chi connectivity index (χ4v) is 4.09. The first-order valence-corrected chi connectivity index (χ1v) is 12.9. The van der Waals surface area contributed by atoms with Crippen molar-refractivity contribution < 1.29 is 9.21 Å². The molecule has 0 unspecified atom stereocenters. The summed E-state index contributed by atoms with van der Waals surface area (Å²) in [6.07, 6.45) is 3.04. The van der Waals surface area contributed by atoms with Gasteiger partial charge in [-0.25, -0.2) is 0 Å². The lowest BCUT2D eigenvalue weighted by molar-refractivity contribution is 0.0735. The molecule has 0 saturated heterocycles. The van der Waals surface area contributed by atoms with E-state index in [9.17, 15) is 9.59 Å². The second kappa shape index (κ2) is 13.6. The summed E-state index contributed by atoms with van der Waals surface area (Å²) in [4.78, 5) is 26.7. The molecule has 1 heterocycles. The average Bonchev–Trinajstić information content (AvgIpc) is 2.89. The minimum atomic E-state index is 0.0603. The monoisotopic (exact) mass is 498 g/mol. The zero-order valence-corrected chi connectivity index (χ0v) is 22.4. The summed E-state index contributed by atoms with van der Waals surface area (Å²) in [5.74, 6) is 0.578. The van der Waals surface area contributed by atoms with Crippen LogP contribution < -0.4 is 11.2 Å². The van der Waals surface area contributed by atoms with Crippen molar-refractivity contribution in [1.82, 2.24) is 4.90 Å². The predicted octanol–water partition coefficient (Wildman–Crippen LogP) is 6.13. The highest BCUT2D eigenvalue weighted by Crippen LogP contribution is 2.15. The number of hydrogen-bond donors (Lipinski definition) is 1. The first kappa shape index (κ1) is 27.9. The summed E-state index contributed by atoms with van der Waals surface area (Å²) < 4.78 is 5.58. The van der Waals surface area contributed by atoms with Crippen molar-refractivity contribution in [2.24, 2.45) is 11.7 Å². The van der Waals surface area contributed by atoms with Crippen molar-refractivity contribution in [3.63, 3.8) is 0 Å².